The fraction of sp³-hybridized carbons (Fsp3) is 0.333. The Morgan fingerprint density at radius 1 is 1.27 bits per heavy atom. The molecule has 0 spiro atoms. The van der Waals surface area contributed by atoms with Gasteiger partial charge in [0.25, 0.3) is 5.56 Å². The van der Waals surface area contributed by atoms with Crippen LogP contribution < -0.4 is 10.9 Å². The van der Waals surface area contributed by atoms with Crippen molar-refractivity contribution in [1.82, 2.24) is 19.6 Å². The van der Waals surface area contributed by atoms with Crippen molar-refractivity contribution in [2.75, 3.05) is 11.1 Å². The number of anilines is 1. The van der Waals surface area contributed by atoms with Gasteiger partial charge in [-0.3, -0.25) is 19.0 Å². The van der Waals surface area contributed by atoms with Crippen LogP contribution in [-0.2, 0) is 11.2 Å². The summed E-state index contributed by atoms with van der Waals surface area (Å²) in [5, 5.41) is 11.7. The average molecular weight is 371 g/mol. The summed E-state index contributed by atoms with van der Waals surface area (Å²) in [5.74, 6) is 0.499. The van der Waals surface area contributed by atoms with Gasteiger partial charge in [-0.2, -0.15) is 0 Å². The Morgan fingerprint density at radius 2 is 2.08 bits per heavy atom. The molecule has 2 N–H and O–H groups in total. The molecule has 2 aromatic heterocycles. The molecule has 26 heavy (non-hydrogen) atoms. The van der Waals surface area contributed by atoms with Gasteiger partial charge in [0.2, 0.25) is 11.7 Å². The van der Waals surface area contributed by atoms with Crippen molar-refractivity contribution in [1.29, 1.82) is 0 Å². The van der Waals surface area contributed by atoms with Crippen LogP contribution in [-0.4, -0.2) is 31.2 Å². The van der Waals surface area contributed by atoms with Crippen LogP contribution in [0.3, 0.4) is 0 Å². The van der Waals surface area contributed by atoms with Crippen LogP contribution in [0.15, 0.2) is 34.2 Å². The van der Waals surface area contributed by atoms with Crippen molar-refractivity contribution in [3.05, 3.63) is 51.4 Å². The van der Waals surface area contributed by atoms with Crippen LogP contribution in [0.2, 0.25) is 0 Å². The van der Waals surface area contributed by atoms with Gasteiger partial charge < -0.3 is 5.32 Å². The molecule has 1 aromatic carbocycles. The molecule has 0 aliphatic rings. The standard InChI is InChI=1S/C18H21N5O2S/c1-4-5-13-9-15(24)20-17-21-22-18(23(13)17)26-10-16(25)19-14-8-11(2)6-7-12(14)3/h6-9H,4-5,10H2,1-3H3,(H,19,25)(H,20,21,24). The van der Waals surface area contributed by atoms with Crippen molar-refractivity contribution in [2.45, 2.75) is 38.8 Å². The Kier molecular flexibility index (Phi) is 5.41. The number of amides is 1. The largest absolute Gasteiger partial charge is 0.325 e. The summed E-state index contributed by atoms with van der Waals surface area (Å²) in [5.41, 5.74) is 3.57. The lowest BCUT2D eigenvalue weighted by molar-refractivity contribution is -0.113. The molecule has 0 atom stereocenters. The molecule has 1 amide bonds. The minimum Gasteiger partial charge on any atom is -0.325 e. The van der Waals surface area contributed by atoms with Gasteiger partial charge >= 0.3 is 0 Å². The highest BCUT2D eigenvalue weighted by Crippen LogP contribution is 2.20. The fourth-order valence-electron chi connectivity index (χ4n) is 2.69. The number of carbonyl (C=O) groups excluding carboxylic acids is 1. The van der Waals surface area contributed by atoms with E-state index in [1.54, 1.807) is 10.5 Å². The average Bonchev–Trinajstić information content (AvgIpc) is 2.99. The van der Waals surface area contributed by atoms with E-state index in [-0.39, 0.29) is 17.2 Å². The zero-order valence-corrected chi connectivity index (χ0v) is 15.8. The number of fused-ring (bicyclic) bond motifs is 1. The normalized spacial score (nSPS) is 11.0. The predicted molar refractivity (Wildman–Crippen MR) is 103 cm³/mol. The smallest absolute Gasteiger partial charge is 0.252 e. The van der Waals surface area contributed by atoms with E-state index in [2.05, 4.69) is 20.5 Å². The van der Waals surface area contributed by atoms with Gasteiger partial charge in [0.15, 0.2) is 5.16 Å². The zero-order valence-electron chi connectivity index (χ0n) is 15.0. The number of rotatable bonds is 6. The number of thioether (sulfide) groups is 1. The van der Waals surface area contributed by atoms with Gasteiger partial charge in [0, 0.05) is 17.4 Å². The summed E-state index contributed by atoms with van der Waals surface area (Å²) < 4.78 is 1.81. The first-order chi connectivity index (χ1) is 12.5. The van der Waals surface area contributed by atoms with Gasteiger partial charge in [0.05, 0.1) is 5.75 Å². The molecule has 0 aliphatic carbocycles. The molecule has 0 saturated heterocycles. The van der Waals surface area contributed by atoms with Crippen LogP contribution in [0.5, 0.6) is 0 Å². The molecule has 136 valence electrons. The Bertz CT molecular complexity index is 1010. The molecule has 3 aromatic rings. The van der Waals surface area contributed by atoms with E-state index >= 15 is 0 Å². The lowest BCUT2D eigenvalue weighted by Crippen LogP contribution is -2.16. The first kappa shape index (κ1) is 18.2. The van der Waals surface area contributed by atoms with E-state index in [1.807, 2.05) is 39.0 Å². The molecule has 0 unspecified atom stereocenters. The minimum absolute atomic E-state index is 0.109. The highest BCUT2D eigenvalue weighted by atomic mass is 32.2. The van der Waals surface area contributed by atoms with Crippen molar-refractivity contribution >= 4 is 29.1 Å². The lowest BCUT2D eigenvalue weighted by Gasteiger charge is -2.09. The lowest BCUT2D eigenvalue weighted by atomic mass is 10.1. The molecule has 8 heteroatoms. The van der Waals surface area contributed by atoms with E-state index in [0.29, 0.717) is 10.9 Å². The zero-order chi connectivity index (χ0) is 18.7. The quantitative estimate of drug-likeness (QED) is 0.650. The summed E-state index contributed by atoms with van der Waals surface area (Å²) in [7, 11) is 0. The molecule has 0 radical (unpaired) electrons. The monoisotopic (exact) mass is 371 g/mol. The van der Waals surface area contributed by atoms with Gasteiger partial charge in [-0.05, 0) is 37.5 Å². The van der Waals surface area contributed by atoms with Crippen LogP contribution in [0.25, 0.3) is 5.78 Å². The highest BCUT2D eigenvalue weighted by Gasteiger charge is 2.14. The van der Waals surface area contributed by atoms with Gasteiger partial charge in [-0.1, -0.05) is 37.2 Å². The topological polar surface area (TPSA) is 92.2 Å². The van der Waals surface area contributed by atoms with E-state index < -0.39 is 0 Å². The van der Waals surface area contributed by atoms with Crippen molar-refractivity contribution in [3.8, 4) is 0 Å². The number of benzene rings is 1. The maximum absolute atomic E-state index is 12.3. The van der Waals surface area contributed by atoms with Crippen LogP contribution in [0, 0.1) is 13.8 Å². The number of aryl methyl sites for hydroxylation is 3. The third kappa shape index (κ3) is 3.96. The number of nitrogens with one attached hydrogen (secondary N) is 2. The summed E-state index contributed by atoms with van der Waals surface area (Å²) in [6.07, 6.45) is 1.63. The van der Waals surface area contributed by atoms with Crippen molar-refractivity contribution < 1.29 is 4.79 Å². The van der Waals surface area contributed by atoms with Gasteiger partial charge in [0.1, 0.15) is 0 Å². The van der Waals surface area contributed by atoms with E-state index in [1.165, 1.54) is 11.8 Å². The third-order valence-corrected chi connectivity index (χ3v) is 4.89. The summed E-state index contributed by atoms with van der Waals surface area (Å²) in [6.45, 7) is 5.99. The van der Waals surface area contributed by atoms with E-state index in [9.17, 15) is 9.59 Å². The second-order valence-electron chi connectivity index (χ2n) is 6.17. The first-order valence-electron chi connectivity index (χ1n) is 8.45. The predicted octanol–water partition coefficient (Wildman–Crippen LogP) is 2.72. The first-order valence-corrected chi connectivity index (χ1v) is 9.43. The Hall–Kier alpha value is -2.61. The van der Waals surface area contributed by atoms with E-state index in [0.717, 1.165) is 35.3 Å². The van der Waals surface area contributed by atoms with Gasteiger partial charge in [-0.25, -0.2) is 0 Å². The number of hydrogen-bond donors (Lipinski definition) is 2. The minimum atomic E-state index is -0.197. The molecule has 0 saturated carbocycles. The summed E-state index contributed by atoms with van der Waals surface area (Å²) >= 11 is 1.30. The molecule has 0 aliphatic heterocycles. The van der Waals surface area contributed by atoms with Crippen LogP contribution >= 0.6 is 11.8 Å². The number of aromatic amines is 1. The maximum atomic E-state index is 12.3. The SMILES string of the molecule is CCCc1cc(=O)[nH]c2nnc(SCC(=O)Nc3cc(C)ccc3C)n12. The van der Waals surface area contributed by atoms with Gasteiger partial charge in [-0.15, -0.1) is 10.2 Å². The second-order valence-corrected chi connectivity index (χ2v) is 7.11. The Morgan fingerprint density at radius 3 is 2.85 bits per heavy atom. The van der Waals surface area contributed by atoms with Crippen molar-refractivity contribution in [2.24, 2.45) is 0 Å². The fourth-order valence-corrected chi connectivity index (χ4v) is 3.46. The summed E-state index contributed by atoms with van der Waals surface area (Å²) in [6, 6.07) is 7.50. The van der Waals surface area contributed by atoms with Crippen LogP contribution in [0.1, 0.15) is 30.2 Å². The number of H-pyrrole nitrogens is 1. The summed E-state index contributed by atoms with van der Waals surface area (Å²) in [4.78, 5) is 26.7. The molecule has 7 nitrogen and oxygen atoms in total. The number of aromatic nitrogens is 4. The number of hydrogen-bond acceptors (Lipinski definition) is 5. The molecular weight excluding hydrogens is 350 g/mol. The van der Waals surface area contributed by atoms with Crippen LogP contribution in [0.4, 0.5) is 5.69 Å². The Labute approximate surface area is 155 Å². The molecule has 2 heterocycles. The number of carbonyl (C=O) groups is 1. The maximum Gasteiger partial charge on any atom is 0.252 e. The van der Waals surface area contributed by atoms with E-state index in [4.69, 9.17) is 0 Å². The highest BCUT2D eigenvalue weighted by molar-refractivity contribution is 7.99. The third-order valence-electron chi connectivity index (χ3n) is 3.96. The molecule has 0 bridgehead atoms. The second kappa shape index (κ2) is 7.74. The van der Waals surface area contributed by atoms with Crippen molar-refractivity contribution in [3.63, 3.8) is 0 Å². The molecular formula is C18H21N5O2S. The molecule has 3 rings (SSSR count). The number of nitrogens with zero attached hydrogens (tertiary/aromatic N) is 3. The molecule has 0 fully saturated rings. The Balaban J connectivity index is 1.76.